The summed E-state index contributed by atoms with van der Waals surface area (Å²) in [6, 6.07) is 9.36. The summed E-state index contributed by atoms with van der Waals surface area (Å²) in [6.07, 6.45) is -0.643. The van der Waals surface area contributed by atoms with Crippen molar-refractivity contribution in [2.24, 2.45) is 0 Å². The molecule has 2 N–H and O–H groups in total. The molecule has 5 nitrogen and oxygen atoms in total. The van der Waals surface area contributed by atoms with Crippen LogP contribution >= 0.6 is 0 Å². The zero-order valence-electron chi connectivity index (χ0n) is 12.3. The van der Waals surface area contributed by atoms with Crippen LogP contribution in [0.3, 0.4) is 0 Å². The summed E-state index contributed by atoms with van der Waals surface area (Å²) in [5, 5.41) is 2.51. The van der Waals surface area contributed by atoms with E-state index in [0.29, 0.717) is 0 Å². The Labute approximate surface area is 123 Å². The van der Waals surface area contributed by atoms with Gasteiger partial charge in [0.2, 0.25) is 0 Å². The number of hydrogen-bond acceptors (Lipinski definition) is 3. The lowest BCUT2D eigenvalue weighted by atomic mass is 10.1. The minimum Gasteiger partial charge on any atom is -0.444 e. The maximum absolute atomic E-state index is 11.9. The Balaban J connectivity index is 2.07. The van der Waals surface area contributed by atoms with E-state index >= 15 is 0 Å². The van der Waals surface area contributed by atoms with Crippen molar-refractivity contribution in [2.45, 2.75) is 27.4 Å². The van der Waals surface area contributed by atoms with Gasteiger partial charge in [0.15, 0.2) is 0 Å². The maximum atomic E-state index is 11.9. The average molecular weight is 286 g/mol. The molecule has 0 radical (unpaired) electrons. The molecule has 2 aromatic rings. The van der Waals surface area contributed by atoms with Crippen LogP contribution in [0.1, 0.15) is 22.4 Å². The summed E-state index contributed by atoms with van der Waals surface area (Å²) in [7, 11) is 0. The van der Waals surface area contributed by atoms with E-state index in [-0.39, 0.29) is 17.9 Å². The number of hydrogen-bond donors (Lipinski definition) is 2. The predicted octanol–water partition coefficient (Wildman–Crippen LogP) is 3.05. The highest BCUT2D eigenvalue weighted by Crippen LogP contribution is 2.16. The zero-order valence-corrected chi connectivity index (χ0v) is 12.3. The van der Waals surface area contributed by atoms with Crippen LogP contribution in [0.25, 0.3) is 0 Å². The molecular weight excluding hydrogens is 268 g/mol. The molecule has 0 fully saturated rings. The molecule has 0 saturated carbocycles. The zero-order chi connectivity index (χ0) is 15.4. The number of carbonyl (C=O) groups excluding carboxylic acids is 1. The number of aromatic amines is 1. The lowest BCUT2D eigenvalue weighted by Crippen LogP contribution is -2.23. The number of anilines is 1. The van der Waals surface area contributed by atoms with Gasteiger partial charge in [-0.2, -0.15) is 0 Å². The normalized spacial score (nSPS) is 10.2. The van der Waals surface area contributed by atoms with E-state index in [2.05, 4.69) is 10.3 Å². The fourth-order valence-electron chi connectivity index (χ4n) is 1.98. The standard InChI is InChI=1S/C16H18N2O3/c1-10-11(2)14(15(19)17-12(10)3)18-16(20)21-9-13-7-5-4-6-8-13/h4-8H,9H2,1-3H3,(H,17,19)(H,18,20). The highest BCUT2D eigenvalue weighted by atomic mass is 16.5. The second-order valence-corrected chi connectivity index (χ2v) is 4.89. The van der Waals surface area contributed by atoms with Gasteiger partial charge >= 0.3 is 6.09 Å². The third-order valence-corrected chi connectivity index (χ3v) is 3.47. The van der Waals surface area contributed by atoms with Gasteiger partial charge in [-0.15, -0.1) is 0 Å². The number of aryl methyl sites for hydroxylation is 1. The highest BCUT2D eigenvalue weighted by Gasteiger charge is 2.13. The predicted molar refractivity (Wildman–Crippen MR) is 81.5 cm³/mol. The molecule has 0 aliphatic heterocycles. The molecule has 1 aromatic carbocycles. The Morgan fingerprint density at radius 1 is 1.14 bits per heavy atom. The number of pyridine rings is 1. The van der Waals surface area contributed by atoms with Crippen molar-refractivity contribution in [2.75, 3.05) is 5.32 Å². The average Bonchev–Trinajstić information content (AvgIpc) is 2.48. The molecule has 0 aliphatic carbocycles. The van der Waals surface area contributed by atoms with Crippen LogP contribution in [-0.2, 0) is 11.3 Å². The summed E-state index contributed by atoms with van der Waals surface area (Å²) < 4.78 is 5.11. The van der Waals surface area contributed by atoms with Crippen molar-refractivity contribution in [1.29, 1.82) is 0 Å². The number of amides is 1. The van der Waals surface area contributed by atoms with Gasteiger partial charge in [-0.3, -0.25) is 10.1 Å². The lowest BCUT2D eigenvalue weighted by molar-refractivity contribution is 0.155. The van der Waals surface area contributed by atoms with Gasteiger partial charge in [0.05, 0.1) is 0 Å². The van der Waals surface area contributed by atoms with E-state index in [1.165, 1.54) is 0 Å². The van der Waals surface area contributed by atoms with Gasteiger partial charge in [-0.25, -0.2) is 4.79 Å². The summed E-state index contributed by atoms with van der Waals surface area (Å²) in [4.78, 5) is 26.4. The van der Waals surface area contributed by atoms with Crippen LogP contribution in [0.15, 0.2) is 35.1 Å². The molecule has 5 heteroatoms. The molecule has 2 rings (SSSR count). The van der Waals surface area contributed by atoms with E-state index in [0.717, 1.165) is 22.4 Å². The van der Waals surface area contributed by atoms with Crippen molar-refractivity contribution in [3.63, 3.8) is 0 Å². The van der Waals surface area contributed by atoms with E-state index in [1.807, 2.05) is 44.2 Å². The van der Waals surface area contributed by atoms with Crippen molar-refractivity contribution < 1.29 is 9.53 Å². The van der Waals surface area contributed by atoms with Gasteiger partial charge in [0, 0.05) is 5.69 Å². The summed E-state index contributed by atoms with van der Waals surface area (Å²) in [5.74, 6) is 0. The SMILES string of the molecule is Cc1[nH]c(=O)c(NC(=O)OCc2ccccc2)c(C)c1C. The maximum Gasteiger partial charge on any atom is 0.412 e. The van der Waals surface area contributed by atoms with Crippen molar-refractivity contribution >= 4 is 11.8 Å². The molecule has 0 bridgehead atoms. The Bertz CT molecular complexity index is 705. The molecule has 21 heavy (non-hydrogen) atoms. The van der Waals surface area contributed by atoms with E-state index in [4.69, 9.17) is 4.74 Å². The van der Waals surface area contributed by atoms with Gasteiger partial charge in [0.25, 0.3) is 5.56 Å². The molecular formula is C16H18N2O3. The summed E-state index contributed by atoms with van der Waals surface area (Å²) in [6.45, 7) is 5.67. The third kappa shape index (κ3) is 3.51. The quantitative estimate of drug-likeness (QED) is 0.911. The van der Waals surface area contributed by atoms with E-state index in [1.54, 1.807) is 6.92 Å². The number of aromatic nitrogens is 1. The molecule has 1 heterocycles. The van der Waals surface area contributed by atoms with Crippen LogP contribution in [0.4, 0.5) is 10.5 Å². The van der Waals surface area contributed by atoms with Crippen molar-refractivity contribution in [3.05, 3.63) is 63.1 Å². The van der Waals surface area contributed by atoms with Gasteiger partial charge in [-0.1, -0.05) is 30.3 Å². The lowest BCUT2D eigenvalue weighted by Gasteiger charge is -2.12. The largest absolute Gasteiger partial charge is 0.444 e. The van der Waals surface area contributed by atoms with Crippen molar-refractivity contribution in [1.82, 2.24) is 4.98 Å². The van der Waals surface area contributed by atoms with Crippen LogP contribution in [0.5, 0.6) is 0 Å². The first-order valence-corrected chi connectivity index (χ1v) is 6.67. The Hall–Kier alpha value is -2.56. The number of H-pyrrole nitrogens is 1. The second kappa shape index (κ2) is 6.26. The number of nitrogens with one attached hydrogen (secondary N) is 2. The Kier molecular flexibility index (Phi) is 4.42. The monoisotopic (exact) mass is 286 g/mol. The molecule has 0 saturated heterocycles. The fourth-order valence-corrected chi connectivity index (χ4v) is 1.98. The number of rotatable bonds is 3. The third-order valence-electron chi connectivity index (χ3n) is 3.47. The van der Waals surface area contributed by atoms with Gasteiger partial charge in [0.1, 0.15) is 12.3 Å². The Morgan fingerprint density at radius 3 is 2.48 bits per heavy atom. The van der Waals surface area contributed by atoms with Crippen LogP contribution < -0.4 is 10.9 Å². The number of carbonyl (C=O) groups is 1. The molecule has 110 valence electrons. The highest BCUT2D eigenvalue weighted by molar-refractivity contribution is 5.85. The van der Waals surface area contributed by atoms with Crippen LogP contribution in [-0.4, -0.2) is 11.1 Å². The Morgan fingerprint density at radius 2 is 1.81 bits per heavy atom. The first kappa shape index (κ1) is 14.8. The smallest absolute Gasteiger partial charge is 0.412 e. The second-order valence-electron chi connectivity index (χ2n) is 4.89. The van der Waals surface area contributed by atoms with Gasteiger partial charge in [-0.05, 0) is 37.5 Å². The minimum absolute atomic E-state index is 0.161. The molecule has 1 aromatic heterocycles. The molecule has 0 atom stereocenters. The minimum atomic E-state index is -0.643. The summed E-state index contributed by atoms with van der Waals surface area (Å²) in [5.41, 5.74) is 3.27. The molecule has 0 aliphatic rings. The van der Waals surface area contributed by atoms with Crippen molar-refractivity contribution in [3.8, 4) is 0 Å². The summed E-state index contributed by atoms with van der Waals surface area (Å²) >= 11 is 0. The van der Waals surface area contributed by atoms with Gasteiger partial charge < -0.3 is 9.72 Å². The van der Waals surface area contributed by atoms with E-state index < -0.39 is 6.09 Å². The van der Waals surface area contributed by atoms with Crippen LogP contribution in [0, 0.1) is 20.8 Å². The fraction of sp³-hybridized carbons (Fsp3) is 0.250. The first-order chi connectivity index (χ1) is 9.99. The molecule has 0 unspecified atom stereocenters. The molecule has 1 amide bonds. The number of ether oxygens (including phenoxy) is 1. The van der Waals surface area contributed by atoms with E-state index in [9.17, 15) is 9.59 Å². The number of benzene rings is 1. The topological polar surface area (TPSA) is 71.2 Å². The molecule has 0 spiro atoms. The van der Waals surface area contributed by atoms with Crippen LogP contribution in [0.2, 0.25) is 0 Å². The first-order valence-electron chi connectivity index (χ1n) is 6.67.